The highest BCUT2D eigenvalue weighted by Gasteiger charge is 2.30. The Morgan fingerprint density at radius 3 is 2.05 bits per heavy atom. The largest absolute Gasteiger partial charge is 0.475 e. The Bertz CT molecular complexity index is 1210. The Labute approximate surface area is 231 Å². The third-order valence-electron chi connectivity index (χ3n) is 6.36. The number of unbranched alkanes of at least 4 members (excludes halogenated alkanes) is 1. The number of Topliss-reactive ketones (excluding diaryl/α,β-unsaturated/α-hetero) is 1. The monoisotopic (exact) mass is 558 g/mol. The number of hydrogen-bond acceptors (Lipinski definition) is 7. The van der Waals surface area contributed by atoms with Crippen molar-refractivity contribution in [3.8, 4) is 0 Å². The molecule has 0 saturated heterocycles. The molecule has 0 bridgehead atoms. The van der Waals surface area contributed by atoms with E-state index in [2.05, 4.69) is 17.6 Å². The summed E-state index contributed by atoms with van der Waals surface area (Å²) in [5.41, 5.74) is 1.75. The quantitative estimate of drug-likeness (QED) is 0.194. The molecule has 212 valence electrons. The van der Waals surface area contributed by atoms with Gasteiger partial charge in [-0.1, -0.05) is 51.5 Å². The van der Waals surface area contributed by atoms with Crippen molar-refractivity contribution in [3.63, 3.8) is 0 Å². The maximum absolute atomic E-state index is 13.2. The van der Waals surface area contributed by atoms with E-state index >= 15 is 0 Å². The maximum Gasteiger partial charge on any atom is 0.475 e. The van der Waals surface area contributed by atoms with Crippen molar-refractivity contribution in [3.05, 3.63) is 65.2 Å². The van der Waals surface area contributed by atoms with Crippen molar-refractivity contribution in [2.75, 3.05) is 12.8 Å². The van der Waals surface area contributed by atoms with Crippen molar-refractivity contribution in [2.45, 2.75) is 63.7 Å². The SMILES string of the molecule is CCCCc1ccc(C(=O)C[C@@H](CNC(=O)c2ccc(S(C)(=O)=O)cc2)C(=O)N[C@@H](CC(C)C)B(O)O)cc1. The van der Waals surface area contributed by atoms with Gasteiger partial charge in [0.15, 0.2) is 15.6 Å². The molecule has 9 nitrogen and oxygen atoms in total. The second-order valence-electron chi connectivity index (χ2n) is 10.3. The molecule has 0 radical (unpaired) electrons. The number of aryl methyl sites for hydroxylation is 1. The number of hydrogen-bond donors (Lipinski definition) is 4. The topological polar surface area (TPSA) is 150 Å². The summed E-state index contributed by atoms with van der Waals surface area (Å²) in [6, 6.07) is 12.6. The summed E-state index contributed by atoms with van der Waals surface area (Å²) in [6.45, 7) is 5.67. The lowest BCUT2D eigenvalue weighted by Crippen LogP contribution is -2.50. The fourth-order valence-electron chi connectivity index (χ4n) is 4.07. The Balaban J connectivity index is 2.19. The first-order valence-corrected chi connectivity index (χ1v) is 15.1. The van der Waals surface area contributed by atoms with E-state index in [1.54, 1.807) is 12.1 Å². The van der Waals surface area contributed by atoms with E-state index in [1.807, 2.05) is 26.0 Å². The van der Waals surface area contributed by atoms with Gasteiger partial charge in [-0.3, -0.25) is 14.4 Å². The number of carbonyl (C=O) groups is 3. The number of nitrogens with one attached hydrogen (secondary N) is 2. The van der Waals surface area contributed by atoms with Crippen LogP contribution >= 0.6 is 0 Å². The van der Waals surface area contributed by atoms with Gasteiger partial charge in [0.2, 0.25) is 5.91 Å². The zero-order valence-corrected chi connectivity index (χ0v) is 23.8. The summed E-state index contributed by atoms with van der Waals surface area (Å²) in [5, 5.41) is 24.8. The van der Waals surface area contributed by atoms with Crippen LogP contribution in [0.25, 0.3) is 0 Å². The lowest BCUT2D eigenvalue weighted by Gasteiger charge is -2.23. The Kier molecular flexibility index (Phi) is 12.3. The van der Waals surface area contributed by atoms with Gasteiger partial charge in [0.1, 0.15) is 0 Å². The van der Waals surface area contributed by atoms with Gasteiger partial charge >= 0.3 is 7.12 Å². The molecule has 0 fully saturated rings. The molecule has 0 saturated carbocycles. The van der Waals surface area contributed by atoms with E-state index in [1.165, 1.54) is 24.3 Å². The minimum absolute atomic E-state index is 0.0676. The van der Waals surface area contributed by atoms with Gasteiger partial charge in [-0.05, 0) is 55.0 Å². The molecule has 2 aromatic carbocycles. The van der Waals surface area contributed by atoms with Gasteiger partial charge in [0, 0.05) is 30.3 Å². The molecule has 2 rings (SSSR count). The zero-order valence-electron chi connectivity index (χ0n) is 23.0. The zero-order chi connectivity index (χ0) is 29.2. The molecule has 0 heterocycles. The van der Waals surface area contributed by atoms with Gasteiger partial charge in [-0.2, -0.15) is 0 Å². The van der Waals surface area contributed by atoms with Crippen LogP contribution in [0.5, 0.6) is 0 Å². The third-order valence-corrected chi connectivity index (χ3v) is 7.49. The average Bonchev–Trinajstić information content (AvgIpc) is 2.88. The highest BCUT2D eigenvalue weighted by Crippen LogP contribution is 2.16. The van der Waals surface area contributed by atoms with Gasteiger partial charge in [0.05, 0.1) is 16.8 Å². The van der Waals surface area contributed by atoms with Gasteiger partial charge in [-0.15, -0.1) is 0 Å². The Morgan fingerprint density at radius 1 is 0.949 bits per heavy atom. The molecule has 0 aliphatic heterocycles. The van der Waals surface area contributed by atoms with Crippen LogP contribution < -0.4 is 10.6 Å². The molecule has 2 atom stereocenters. The standard InChI is InChI=1S/C28H39BN2O7S/c1-5-6-7-20-8-10-21(11-9-20)25(32)17-23(28(34)31-26(29(35)36)16-19(2)3)18-30-27(33)22-12-14-24(15-13-22)39(4,37)38/h8-15,19,23,26,35-36H,5-7,16-18H2,1-4H3,(H,30,33)(H,31,34)/t23-,26-/m0/s1. The van der Waals surface area contributed by atoms with E-state index in [0.717, 1.165) is 31.1 Å². The molecule has 0 unspecified atom stereocenters. The van der Waals surface area contributed by atoms with Crippen molar-refractivity contribution >= 4 is 34.6 Å². The molecule has 0 aromatic heterocycles. The van der Waals surface area contributed by atoms with Crippen LogP contribution in [-0.4, -0.2) is 61.9 Å². The summed E-state index contributed by atoms with van der Waals surface area (Å²) >= 11 is 0. The summed E-state index contributed by atoms with van der Waals surface area (Å²) in [6.07, 6.45) is 4.18. The smallest absolute Gasteiger partial charge is 0.426 e. The molecular formula is C28H39BN2O7S. The van der Waals surface area contributed by atoms with E-state index in [9.17, 15) is 32.8 Å². The predicted octanol–water partition coefficient (Wildman–Crippen LogP) is 2.59. The van der Waals surface area contributed by atoms with Gasteiger partial charge < -0.3 is 20.7 Å². The van der Waals surface area contributed by atoms with Gasteiger partial charge in [0.25, 0.3) is 5.91 Å². The highest BCUT2D eigenvalue weighted by atomic mass is 32.2. The normalized spacial score (nSPS) is 13.0. The van der Waals surface area contributed by atoms with E-state index < -0.39 is 40.6 Å². The summed E-state index contributed by atoms with van der Waals surface area (Å²) in [7, 11) is -5.21. The number of ketones is 1. The maximum atomic E-state index is 13.2. The first-order valence-electron chi connectivity index (χ1n) is 13.2. The first-order chi connectivity index (χ1) is 18.3. The van der Waals surface area contributed by atoms with Crippen LogP contribution in [0, 0.1) is 11.8 Å². The molecule has 2 aromatic rings. The van der Waals surface area contributed by atoms with Crippen molar-refractivity contribution in [1.82, 2.24) is 10.6 Å². The van der Waals surface area contributed by atoms with Crippen LogP contribution in [0.2, 0.25) is 0 Å². The molecule has 0 spiro atoms. The number of sulfone groups is 1. The minimum atomic E-state index is -3.42. The number of carbonyl (C=O) groups excluding carboxylic acids is 3. The Morgan fingerprint density at radius 2 is 1.54 bits per heavy atom. The molecule has 0 aliphatic carbocycles. The van der Waals surface area contributed by atoms with Gasteiger partial charge in [-0.25, -0.2) is 8.42 Å². The molecule has 11 heteroatoms. The molecule has 4 N–H and O–H groups in total. The van der Waals surface area contributed by atoms with Crippen LogP contribution in [0.4, 0.5) is 0 Å². The van der Waals surface area contributed by atoms with E-state index in [-0.39, 0.29) is 35.1 Å². The third kappa shape index (κ3) is 10.6. The first kappa shape index (κ1) is 32.2. The van der Waals surface area contributed by atoms with Crippen molar-refractivity contribution in [2.24, 2.45) is 11.8 Å². The van der Waals surface area contributed by atoms with Crippen LogP contribution in [0.1, 0.15) is 72.7 Å². The lowest BCUT2D eigenvalue weighted by molar-refractivity contribution is -0.125. The van der Waals surface area contributed by atoms with Crippen LogP contribution in [-0.2, 0) is 21.1 Å². The van der Waals surface area contributed by atoms with E-state index in [0.29, 0.717) is 12.0 Å². The lowest BCUT2D eigenvalue weighted by atomic mass is 9.74. The Hall–Kier alpha value is -3.02. The summed E-state index contributed by atoms with van der Waals surface area (Å²) in [5.74, 6) is -3.26. The predicted molar refractivity (Wildman–Crippen MR) is 151 cm³/mol. The van der Waals surface area contributed by atoms with E-state index in [4.69, 9.17) is 0 Å². The summed E-state index contributed by atoms with van der Waals surface area (Å²) in [4.78, 5) is 39.1. The minimum Gasteiger partial charge on any atom is -0.426 e. The second-order valence-corrected chi connectivity index (χ2v) is 12.3. The molecule has 39 heavy (non-hydrogen) atoms. The second kappa shape index (κ2) is 15.0. The molecule has 2 amide bonds. The fraction of sp³-hybridized carbons (Fsp3) is 0.464. The number of amides is 2. The molecule has 0 aliphatic rings. The van der Waals surface area contributed by atoms with Crippen LogP contribution in [0.15, 0.2) is 53.4 Å². The number of rotatable bonds is 15. The average molecular weight is 559 g/mol. The molecular weight excluding hydrogens is 519 g/mol. The van der Waals surface area contributed by atoms with Crippen molar-refractivity contribution in [1.29, 1.82) is 0 Å². The van der Waals surface area contributed by atoms with Crippen molar-refractivity contribution < 1.29 is 32.8 Å². The van der Waals surface area contributed by atoms with Crippen LogP contribution in [0.3, 0.4) is 0 Å². The number of benzene rings is 2. The highest BCUT2D eigenvalue weighted by molar-refractivity contribution is 7.90. The summed E-state index contributed by atoms with van der Waals surface area (Å²) < 4.78 is 23.4. The fourth-order valence-corrected chi connectivity index (χ4v) is 4.70.